The monoisotopic (exact) mass is 287 g/mol. The van der Waals surface area contributed by atoms with E-state index in [-0.39, 0.29) is 21.6 Å². The van der Waals surface area contributed by atoms with E-state index in [0.29, 0.717) is 6.42 Å². The van der Waals surface area contributed by atoms with Gasteiger partial charge in [-0.3, -0.25) is 4.21 Å². The molecule has 5 heteroatoms. The number of rotatable bonds is 2. The summed E-state index contributed by atoms with van der Waals surface area (Å²) < 4.78 is 39.1. The molecule has 0 saturated heterocycles. The minimum absolute atomic E-state index is 0.0551. The van der Waals surface area contributed by atoms with Crippen LogP contribution >= 0.6 is 0 Å². The average molecular weight is 287 g/mol. The summed E-state index contributed by atoms with van der Waals surface area (Å²) in [6.07, 6.45) is 2.46. The molecule has 0 heterocycles. The molecule has 2 N–H and O–H groups in total. The molecule has 0 radical (unpaired) electrons. The Morgan fingerprint density at radius 1 is 1.37 bits per heavy atom. The van der Waals surface area contributed by atoms with Crippen LogP contribution in [-0.4, -0.2) is 15.5 Å². The molecule has 2 nitrogen and oxygen atoms in total. The van der Waals surface area contributed by atoms with Gasteiger partial charge in [-0.15, -0.1) is 0 Å². The lowest BCUT2D eigenvalue weighted by molar-refractivity contribution is 0.230. The molecule has 3 unspecified atom stereocenters. The van der Waals surface area contributed by atoms with Gasteiger partial charge in [0.05, 0.1) is 20.9 Å². The Balaban J connectivity index is 2.27. The highest BCUT2D eigenvalue weighted by atomic mass is 32.2. The lowest BCUT2D eigenvalue weighted by Crippen LogP contribution is -2.45. The van der Waals surface area contributed by atoms with E-state index in [1.54, 1.807) is 0 Å². The molecule has 1 aromatic rings. The lowest BCUT2D eigenvalue weighted by atomic mass is 9.75. The Hall–Kier alpha value is -0.810. The summed E-state index contributed by atoms with van der Waals surface area (Å²) >= 11 is 0. The first-order valence-electron chi connectivity index (χ1n) is 6.41. The van der Waals surface area contributed by atoms with Crippen LogP contribution in [0.15, 0.2) is 23.1 Å². The van der Waals surface area contributed by atoms with Crippen LogP contribution < -0.4 is 5.73 Å². The molecular formula is C14H19F2NOS. The minimum atomic E-state index is -1.53. The second-order valence-corrected chi connectivity index (χ2v) is 7.62. The van der Waals surface area contributed by atoms with Crippen molar-refractivity contribution in [2.45, 2.75) is 49.3 Å². The average Bonchev–Trinajstić information content (AvgIpc) is 2.31. The van der Waals surface area contributed by atoms with Gasteiger partial charge in [0.2, 0.25) is 0 Å². The van der Waals surface area contributed by atoms with Crippen molar-refractivity contribution in [2.75, 3.05) is 0 Å². The molecule has 0 bridgehead atoms. The smallest absolute Gasteiger partial charge is 0.142 e. The minimum Gasteiger partial charge on any atom is -0.327 e. The van der Waals surface area contributed by atoms with E-state index in [2.05, 4.69) is 13.8 Å². The topological polar surface area (TPSA) is 43.1 Å². The van der Waals surface area contributed by atoms with Crippen molar-refractivity contribution < 1.29 is 13.0 Å². The highest BCUT2D eigenvalue weighted by Crippen LogP contribution is 2.38. The summed E-state index contributed by atoms with van der Waals surface area (Å²) in [5, 5.41) is -0.274. The molecule has 3 atom stereocenters. The Bertz CT molecular complexity index is 504. The van der Waals surface area contributed by atoms with Gasteiger partial charge in [-0.25, -0.2) is 8.78 Å². The summed E-state index contributed by atoms with van der Waals surface area (Å²) in [6, 6.07) is 2.97. The second kappa shape index (κ2) is 5.29. The van der Waals surface area contributed by atoms with E-state index in [9.17, 15) is 13.0 Å². The molecule has 2 rings (SSSR count). The third kappa shape index (κ3) is 3.20. The van der Waals surface area contributed by atoms with Crippen LogP contribution in [-0.2, 0) is 10.8 Å². The maximum absolute atomic E-state index is 13.7. The maximum atomic E-state index is 13.7. The summed E-state index contributed by atoms with van der Waals surface area (Å²) in [6.45, 7) is 4.20. The fraction of sp³-hybridized carbons (Fsp3) is 0.571. The zero-order valence-corrected chi connectivity index (χ0v) is 12.0. The summed E-state index contributed by atoms with van der Waals surface area (Å²) in [4.78, 5) is 0.0551. The summed E-state index contributed by atoms with van der Waals surface area (Å²) in [5.41, 5.74) is 6.09. The highest BCUT2D eigenvalue weighted by Gasteiger charge is 2.37. The van der Waals surface area contributed by atoms with Gasteiger partial charge < -0.3 is 5.73 Å². The van der Waals surface area contributed by atoms with Crippen LogP contribution in [0.3, 0.4) is 0 Å². The van der Waals surface area contributed by atoms with Gasteiger partial charge in [-0.05, 0) is 36.8 Å². The Morgan fingerprint density at radius 3 is 2.68 bits per heavy atom. The number of halogens is 2. The zero-order valence-electron chi connectivity index (χ0n) is 11.2. The van der Waals surface area contributed by atoms with Crippen LogP contribution in [0.25, 0.3) is 0 Å². The van der Waals surface area contributed by atoms with E-state index >= 15 is 0 Å². The van der Waals surface area contributed by atoms with Gasteiger partial charge in [-0.2, -0.15) is 0 Å². The van der Waals surface area contributed by atoms with Crippen LogP contribution in [0.2, 0.25) is 0 Å². The van der Waals surface area contributed by atoms with Crippen LogP contribution in [0.5, 0.6) is 0 Å². The van der Waals surface area contributed by atoms with Gasteiger partial charge >= 0.3 is 0 Å². The van der Waals surface area contributed by atoms with Gasteiger partial charge in [0.25, 0.3) is 0 Å². The third-order valence-electron chi connectivity index (χ3n) is 3.77. The molecule has 0 aliphatic heterocycles. The van der Waals surface area contributed by atoms with Crippen molar-refractivity contribution in [1.29, 1.82) is 0 Å². The lowest BCUT2D eigenvalue weighted by Gasteiger charge is -2.38. The number of hydrogen-bond acceptors (Lipinski definition) is 2. The Morgan fingerprint density at radius 2 is 2.05 bits per heavy atom. The molecule has 19 heavy (non-hydrogen) atoms. The third-order valence-corrected chi connectivity index (χ3v) is 5.60. The van der Waals surface area contributed by atoms with Crippen molar-refractivity contribution in [3.05, 3.63) is 29.8 Å². The molecule has 0 amide bonds. The largest absolute Gasteiger partial charge is 0.327 e. The van der Waals surface area contributed by atoms with Crippen molar-refractivity contribution in [1.82, 2.24) is 0 Å². The maximum Gasteiger partial charge on any atom is 0.142 e. The van der Waals surface area contributed by atoms with E-state index in [0.717, 1.165) is 25.0 Å². The van der Waals surface area contributed by atoms with E-state index < -0.39 is 22.4 Å². The predicted molar refractivity (Wildman–Crippen MR) is 72.2 cm³/mol. The van der Waals surface area contributed by atoms with E-state index in [1.807, 2.05) is 0 Å². The number of benzene rings is 1. The van der Waals surface area contributed by atoms with Crippen molar-refractivity contribution in [3.63, 3.8) is 0 Å². The first-order valence-corrected chi connectivity index (χ1v) is 7.63. The molecule has 1 saturated carbocycles. The SMILES string of the molecule is CC1(C)CCC(N)C(S(=O)c2ccc(F)cc2F)C1. The zero-order chi connectivity index (χ0) is 14.2. The van der Waals surface area contributed by atoms with E-state index in [4.69, 9.17) is 5.73 Å². The Kier molecular flexibility index (Phi) is 4.06. The molecule has 1 aliphatic carbocycles. The number of hydrogen-bond donors (Lipinski definition) is 1. The van der Waals surface area contributed by atoms with Gasteiger partial charge in [0.1, 0.15) is 11.6 Å². The van der Waals surface area contributed by atoms with Crippen molar-refractivity contribution in [3.8, 4) is 0 Å². The molecule has 1 fully saturated rings. The molecule has 0 spiro atoms. The highest BCUT2D eigenvalue weighted by molar-refractivity contribution is 7.85. The molecule has 1 aromatic carbocycles. The fourth-order valence-electron chi connectivity index (χ4n) is 2.58. The first-order chi connectivity index (χ1) is 8.80. The molecular weight excluding hydrogens is 268 g/mol. The van der Waals surface area contributed by atoms with Gasteiger partial charge in [-0.1, -0.05) is 13.8 Å². The normalized spacial score (nSPS) is 28.1. The van der Waals surface area contributed by atoms with Gasteiger partial charge in [0, 0.05) is 12.1 Å². The molecule has 0 aromatic heterocycles. The fourth-order valence-corrected chi connectivity index (χ4v) is 4.41. The summed E-state index contributed by atoms with van der Waals surface area (Å²) in [5.74, 6) is -1.42. The quantitative estimate of drug-likeness (QED) is 0.908. The second-order valence-electron chi connectivity index (χ2n) is 5.98. The summed E-state index contributed by atoms with van der Waals surface area (Å²) in [7, 11) is -1.53. The van der Waals surface area contributed by atoms with Crippen molar-refractivity contribution in [2.24, 2.45) is 11.1 Å². The molecule has 1 aliphatic rings. The first kappa shape index (κ1) is 14.6. The van der Waals surface area contributed by atoms with Gasteiger partial charge in [0.15, 0.2) is 0 Å². The van der Waals surface area contributed by atoms with E-state index in [1.165, 1.54) is 6.07 Å². The Labute approximate surface area is 114 Å². The van der Waals surface area contributed by atoms with Crippen LogP contribution in [0.1, 0.15) is 33.1 Å². The standard InChI is InChI=1S/C14H19F2NOS/c1-14(2)6-5-11(17)13(8-14)19(18)12-4-3-9(15)7-10(12)16/h3-4,7,11,13H,5-6,8,17H2,1-2H3. The number of nitrogens with two attached hydrogens (primary N) is 1. The van der Waals surface area contributed by atoms with Crippen molar-refractivity contribution >= 4 is 10.8 Å². The van der Waals surface area contributed by atoms with Crippen LogP contribution in [0.4, 0.5) is 8.78 Å². The van der Waals surface area contributed by atoms with Crippen LogP contribution in [0, 0.1) is 17.0 Å². The predicted octanol–water partition coefficient (Wildman–Crippen LogP) is 2.98. The molecule has 106 valence electrons.